The fourth-order valence-electron chi connectivity index (χ4n) is 1.91. The molecular formula is C17H17N3O4. The number of carbonyl (C=O) groups excluding carboxylic acids is 2. The zero-order valence-corrected chi connectivity index (χ0v) is 13.2. The summed E-state index contributed by atoms with van der Waals surface area (Å²) in [4.78, 5) is 23.5. The van der Waals surface area contributed by atoms with Crippen LogP contribution < -0.4 is 15.5 Å². The molecular weight excluding hydrogens is 310 g/mol. The van der Waals surface area contributed by atoms with Gasteiger partial charge in [-0.3, -0.25) is 9.59 Å². The number of aryl methyl sites for hydroxylation is 1. The maximum absolute atomic E-state index is 11.8. The lowest BCUT2D eigenvalue weighted by Crippen LogP contribution is -2.32. The van der Waals surface area contributed by atoms with Crippen LogP contribution in [0.1, 0.15) is 11.1 Å². The van der Waals surface area contributed by atoms with Gasteiger partial charge in [-0.15, -0.1) is 0 Å². The molecule has 7 heteroatoms. The zero-order valence-electron chi connectivity index (χ0n) is 13.2. The van der Waals surface area contributed by atoms with Gasteiger partial charge in [0.25, 0.3) is 0 Å². The molecule has 7 nitrogen and oxygen atoms in total. The van der Waals surface area contributed by atoms with Gasteiger partial charge in [0.1, 0.15) is 0 Å². The number of hydrazone groups is 1. The van der Waals surface area contributed by atoms with Crippen LogP contribution in [-0.4, -0.2) is 30.2 Å². The molecule has 0 fully saturated rings. The van der Waals surface area contributed by atoms with E-state index in [0.29, 0.717) is 11.3 Å². The van der Waals surface area contributed by atoms with Gasteiger partial charge in [-0.1, -0.05) is 24.3 Å². The SMILES string of the molecule is COc1cccc(C=NNC(=O)C(=O)Nc2ccccc2C)c1O. The Morgan fingerprint density at radius 1 is 1.12 bits per heavy atom. The molecule has 124 valence electrons. The number of phenolic OH excluding ortho intramolecular Hbond substituents is 1. The summed E-state index contributed by atoms with van der Waals surface area (Å²) in [6, 6.07) is 11.9. The normalized spacial score (nSPS) is 10.4. The number of hydrogen-bond acceptors (Lipinski definition) is 5. The van der Waals surface area contributed by atoms with Crippen LogP contribution in [0.2, 0.25) is 0 Å². The second-order valence-corrected chi connectivity index (χ2v) is 4.87. The van der Waals surface area contributed by atoms with Gasteiger partial charge in [0.05, 0.1) is 13.3 Å². The molecule has 0 saturated carbocycles. The van der Waals surface area contributed by atoms with Crippen molar-refractivity contribution in [2.45, 2.75) is 6.92 Å². The molecule has 0 aliphatic heterocycles. The van der Waals surface area contributed by atoms with Crippen LogP contribution in [0.5, 0.6) is 11.5 Å². The third kappa shape index (κ3) is 4.10. The van der Waals surface area contributed by atoms with Crippen molar-refractivity contribution in [2.75, 3.05) is 12.4 Å². The molecule has 2 amide bonds. The summed E-state index contributed by atoms with van der Waals surface area (Å²) in [7, 11) is 1.42. The Balaban J connectivity index is 1.98. The number of anilines is 1. The first-order valence-electron chi connectivity index (χ1n) is 7.09. The maximum atomic E-state index is 11.8. The van der Waals surface area contributed by atoms with Gasteiger partial charge in [-0.05, 0) is 30.7 Å². The Morgan fingerprint density at radius 2 is 1.88 bits per heavy atom. The maximum Gasteiger partial charge on any atom is 0.329 e. The van der Waals surface area contributed by atoms with Gasteiger partial charge < -0.3 is 15.2 Å². The van der Waals surface area contributed by atoms with Crippen molar-refractivity contribution < 1.29 is 19.4 Å². The highest BCUT2D eigenvalue weighted by Gasteiger charge is 2.13. The number of ether oxygens (including phenoxy) is 1. The van der Waals surface area contributed by atoms with Gasteiger partial charge in [0.2, 0.25) is 0 Å². The summed E-state index contributed by atoms with van der Waals surface area (Å²) in [5.74, 6) is -1.59. The summed E-state index contributed by atoms with van der Waals surface area (Å²) in [6.07, 6.45) is 1.22. The predicted octanol–water partition coefficient (Wildman–Crippen LogP) is 1.80. The molecule has 0 atom stereocenters. The number of carbonyl (C=O) groups is 2. The molecule has 2 aromatic rings. The number of aromatic hydroxyl groups is 1. The summed E-state index contributed by atoms with van der Waals surface area (Å²) < 4.78 is 4.97. The van der Waals surface area contributed by atoms with Crippen molar-refractivity contribution in [3.05, 3.63) is 53.6 Å². The highest BCUT2D eigenvalue weighted by atomic mass is 16.5. The third-order valence-corrected chi connectivity index (χ3v) is 3.22. The molecule has 0 aromatic heterocycles. The second kappa shape index (κ2) is 7.77. The van der Waals surface area contributed by atoms with E-state index >= 15 is 0 Å². The number of nitrogens with zero attached hydrogens (tertiary/aromatic N) is 1. The Kier molecular flexibility index (Phi) is 5.51. The van der Waals surface area contributed by atoms with Crippen molar-refractivity contribution in [1.29, 1.82) is 0 Å². The summed E-state index contributed by atoms with van der Waals surface area (Å²) in [5, 5.41) is 16.0. The number of rotatable bonds is 4. The van der Waals surface area contributed by atoms with E-state index < -0.39 is 11.8 Å². The largest absolute Gasteiger partial charge is 0.504 e. The quantitative estimate of drug-likeness (QED) is 0.453. The number of phenols is 1. The van der Waals surface area contributed by atoms with Crippen LogP contribution in [0.3, 0.4) is 0 Å². The lowest BCUT2D eigenvalue weighted by atomic mass is 10.2. The molecule has 0 aliphatic carbocycles. The van der Waals surface area contributed by atoms with Crippen LogP contribution in [0.4, 0.5) is 5.69 Å². The van der Waals surface area contributed by atoms with Gasteiger partial charge in [-0.2, -0.15) is 5.10 Å². The standard InChI is InChI=1S/C17H17N3O4/c1-11-6-3-4-8-13(11)19-16(22)17(23)20-18-10-12-7-5-9-14(24-2)15(12)21/h3-10,21H,1-2H3,(H,19,22)(H,20,23). The van der Waals surface area contributed by atoms with Gasteiger partial charge >= 0.3 is 11.8 Å². The number of hydrogen-bond donors (Lipinski definition) is 3. The van der Waals surface area contributed by atoms with Crippen molar-refractivity contribution in [3.63, 3.8) is 0 Å². The first-order valence-corrected chi connectivity index (χ1v) is 7.09. The third-order valence-electron chi connectivity index (χ3n) is 3.22. The van der Waals surface area contributed by atoms with Crippen molar-refractivity contribution >= 4 is 23.7 Å². The second-order valence-electron chi connectivity index (χ2n) is 4.87. The number of methoxy groups -OCH3 is 1. The van der Waals surface area contributed by atoms with Gasteiger partial charge in [-0.25, -0.2) is 5.43 Å². The zero-order chi connectivity index (χ0) is 17.5. The molecule has 24 heavy (non-hydrogen) atoms. The Labute approximate surface area is 139 Å². The minimum Gasteiger partial charge on any atom is -0.504 e. The number of amides is 2. The summed E-state index contributed by atoms with van der Waals surface area (Å²) in [6.45, 7) is 1.82. The van der Waals surface area contributed by atoms with Crippen LogP contribution >= 0.6 is 0 Å². The Hall–Kier alpha value is -3.35. The van der Waals surface area contributed by atoms with Crippen LogP contribution in [-0.2, 0) is 9.59 Å². The highest BCUT2D eigenvalue weighted by Crippen LogP contribution is 2.27. The van der Waals surface area contributed by atoms with E-state index in [4.69, 9.17) is 4.74 Å². The van der Waals surface area contributed by atoms with E-state index in [2.05, 4.69) is 15.8 Å². The molecule has 0 saturated heterocycles. The lowest BCUT2D eigenvalue weighted by Gasteiger charge is -2.07. The Bertz CT molecular complexity index is 787. The first-order chi connectivity index (χ1) is 11.5. The van der Waals surface area contributed by atoms with E-state index in [-0.39, 0.29) is 11.5 Å². The average molecular weight is 327 g/mol. The van der Waals surface area contributed by atoms with E-state index in [1.165, 1.54) is 13.3 Å². The molecule has 0 bridgehead atoms. The molecule has 0 heterocycles. The predicted molar refractivity (Wildman–Crippen MR) is 90.2 cm³/mol. The molecule has 3 N–H and O–H groups in total. The van der Waals surface area contributed by atoms with Crippen LogP contribution in [0.15, 0.2) is 47.6 Å². The first kappa shape index (κ1) is 17.0. The van der Waals surface area contributed by atoms with Crippen molar-refractivity contribution in [2.24, 2.45) is 5.10 Å². The summed E-state index contributed by atoms with van der Waals surface area (Å²) >= 11 is 0. The smallest absolute Gasteiger partial charge is 0.329 e. The minimum atomic E-state index is -0.920. The molecule has 0 radical (unpaired) electrons. The molecule has 2 aromatic carbocycles. The topological polar surface area (TPSA) is 100 Å². The molecule has 0 unspecified atom stereocenters. The lowest BCUT2D eigenvalue weighted by molar-refractivity contribution is -0.136. The average Bonchev–Trinajstić information content (AvgIpc) is 2.58. The number of para-hydroxylation sites is 2. The molecule has 0 spiro atoms. The minimum absolute atomic E-state index is 0.109. The van der Waals surface area contributed by atoms with Crippen LogP contribution in [0, 0.1) is 6.92 Å². The number of nitrogens with one attached hydrogen (secondary N) is 2. The van der Waals surface area contributed by atoms with E-state index in [9.17, 15) is 14.7 Å². The summed E-state index contributed by atoms with van der Waals surface area (Å²) in [5.41, 5.74) is 3.83. The Morgan fingerprint density at radius 3 is 2.58 bits per heavy atom. The van der Waals surface area contributed by atoms with Crippen molar-refractivity contribution in [1.82, 2.24) is 5.43 Å². The van der Waals surface area contributed by atoms with Crippen LogP contribution in [0.25, 0.3) is 0 Å². The van der Waals surface area contributed by atoms with Gasteiger partial charge in [0, 0.05) is 11.3 Å². The monoisotopic (exact) mass is 327 g/mol. The molecule has 0 aliphatic rings. The number of benzene rings is 2. The van der Waals surface area contributed by atoms with E-state index in [1.807, 2.05) is 19.1 Å². The fourth-order valence-corrected chi connectivity index (χ4v) is 1.91. The van der Waals surface area contributed by atoms with E-state index in [1.54, 1.807) is 30.3 Å². The van der Waals surface area contributed by atoms with Gasteiger partial charge in [0.15, 0.2) is 11.5 Å². The fraction of sp³-hybridized carbons (Fsp3) is 0.118. The van der Waals surface area contributed by atoms with E-state index in [0.717, 1.165) is 5.56 Å². The highest BCUT2D eigenvalue weighted by molar-refractivity contribution is 6.39. The molecule has 2 rings (SSSR count). The van der Waals surface area contributed by atoms with Crippen molar-refractivity contribution in [3.8, 4) is 11.5 Å².